The second-order valence-electron chi connectivity index (χ2n) is 6.85. The maximum absolute atomic E-state index is 12.5. The summed E-state index contributed by atoms with van der Waals surface area (Å²) in [4.78, 5) is 30.7. The molecule has 3 rings (SSSR count). The van der Waals surface area contributed by atoms with Gasteiger partial charge in [-0.25, -0.2) is 9.78 Å². The standard InChI is InChI=1S/C17H27N5O2S.ClH/c18-10-15-21-14(11-25-15)16(23)22-8-6-13(7-9-22)20-17(24)19-12-4-2-1-3-5-12;/h11-13H,1-10,18H2,(H2,19,20,24);1H. The van der Waals surface area contributed by atoms with Crippen molar-refractivity contribution >= 4 is 35.7 Å². The molecule has 146 valence electrons. The minimum absolute atomic E-state index is 0. The number of urea groups is 1. The molecule has 1 aromatic heterocycles. The molecule has 26 heavy (non-hydrogen) atoms. The lowest BCUT2D eigenvalue weighted by molar-refractivity contribution is 0.0703. The highest BCUT2D eigenvalue weighted by atomic mass is 35.5. The van der Waals surface area contributed by atoms with Gasteiger partial charge >= 0.3 is 6.03 Å². The van der Waals surface area contributed by atoms with Crippen LogP contribution in [0, 0.1) is 0 Å². The number of thiazole rings is 1. The smallest absolute Gasteiger partial charge is 0.315 e. The Morgan fingerprint density at radius 1 is 1.12 bits per heavy atom. The van der Waals surface area contributed by atoms with Crippen molar-refractivity contribution in [3.63, 3.8) is 0 Å². The quantitative estimate of drug-likeness (QED) is 0.720. The summed E-state index contributed by atoms with van der Waals surface area (Å²) in [5.74, 6) is -0.0407. The van der Waals surface area contributed by atoms with Crippen molar-refractivity contribution in [1.82, 2.24) is 20.5 Å². The van der Waals surface area contributed by atoms with Crippen LogP contribution in [0.4, 0.5) is 4.79 Å². The van der Waals surface area contributed by atoms with E-state index < -0.39 is 0 Å². The normalized spacial score (nSPS) is 18.9. The van der Waals surface area contributed by atoms with Crippen LogP contribution in [0.1, 0.15) is 60.4 Å². The number of carbonyl (C=O) groups excluding carboxylic acids is 2. The highest BCUT2D eigenvalue weighted by Gasteiger charge is 2.26. The first-order chi connectivity index (χ1) is 12.2. The van der Waals surface area contributed by atoms with Gasteiger partial charge in [-0.05, 0) is 25.7 Å². The van der Waals surface area contributed by atoms with E-state index in [0.717, 1.165) is 30.7 Å². The van der Waals surface area contributed by atoms with Gasteiger partial charge in [-0.15, -0.1) is 23.7 Å². The molecule has 0 unspecified atom stereocenters. The summed E-state index contributed by atoms with van der Waals surface area (Å²) in [5.41, 5.74) is 6.03. The lowest BCUT2D eigenvalue weighted by Crippen LogP contribution is -2.51. The van der Waals surface area contributed by atoms with Gasteiger partial charge in [0.2, 0.25) is 0 Å². The summed E-state index contributed by atoms with van der Waals surface area (Å²) in [5, 5.41) is 8.69. The molecule has 2 heterocycles. The van der Waals surface area contributed by atoms with Gasteiger partial charge in [0, 0.05) is 37.1 Å². The maximum atomic E-state index is 12.5. The van der Waals surface area contributed by atoms with Crippen molar-refractivity contribution in [2.75, 3.05) is 13.1 Å². The zero-order valence-electron chi connectivity index (χ0n) is 14.9. The number of amides is 3. The Kier molecular flexibility index (Phi) is 8.12. The largest absolute Gasteiger partial charge is 0.337 e. The first-order valence-corrected chi connectivity index (χ1v) is 10.0. The van der Waals surface area contributed by atoms with Gasteiger partial charge in [-0.2, -0.15) is 0 Å². The molecule has 1 saturated carbocycles. The number of carbonyl (C=O) groups is 2. The average molecular weight is 402 g/mol. The van der Waals surface area contributed by atoms with Crippen molar-refractivity contribution in [1.29, 1.82) is 0 Å². The van der Waals surface area contributed by atoms with Crippen LogP contribution in [-0.4, -0.2) is 47.0 Å². The lowest BCUT2D eigenvalue weighted by Gasteiger charge is -2.32. The Morgan fingerprint density at radius 3 is 2.31 bits per heavy atom. The minimum atomic E-state index is -0.0660. The van der Waals surface area contributed by atoms with Crippen LogP contribution in [0.15, 0.2) is 5.38 Å². The Labute approximate surface area is 164 Å². The summed E-state index contributed by atoms with van der Waals surface area (Å²) < 4.78 is 0. The SMILES string of the molecule is Cl.NCc1nc(C(=O)N2CCC(NC(=O)NC3CCCCC3)CC2)cs1. The number of hydrogen-bond donors (Lipinski definition) is 3. The van der Waals surface area contributed by atoms with E-state index in [4.69, 9.17) is 5.73 Å². The molecule has 0 radical (unpaired) electrons. The molecule has 1 aromatic rings. The van der Waals surface area contributed by atoms with Crippen molar-refractivity contribution in [3.8, 4) is 0 Å². The van der Waals surface area contributed by atoms with E-state index in [9.17, 15) is 9.59 Å². The number of hydrogen-bond acceptors (Lipinski definition) is 5. The van der Waals surface area contributed by atoms with Crippen LogP contribution in [0.5, 0.6) is 0 Å². The molecule has 7 nitrogen and oxygen atoms in total. The molecule has 0 aromatic carbocycles. The molecule has 0 spiro atoms. The number of piperidine rings is 1. The Morgan fingerprint density at radius 2 is 1.73 bits per heavy atom. The maximum Gasteiger partial charge on any atom is 0.315 e. The molecule has 2 fully saturated rings. The van der Waals surface area contributed by atoms with Gasteiger partial charge in [0.15, 0.2) is 0 Å². The summed E-state index contributed by atoms with van der Waals surface area (Å²) in [6, 6.07) is 0.378. The monoisotopic (exact) mass is 401 g/mol. The van der Waals surface area contributed by atoms with Gasteiger partial charge < -0.3 is 21.3 Å². The van der Waals surface area contributed by atoms with E-state index in [-0.39, 0.29) is 30.4 Å². The van der Waals surface area contributed by atoms with E-state index in [1.165, 1.54) is 30.6 Å². The number of halogens is 1. The predicted octanol–water partition coefficient (Wildman–Crippen LogP) is 2.26. The van der Waals surface area contributed by atoms with Crippen molar-refractivity contribution in [2.45, 2.75) is 63.6 Å². The van der Waals surface area contributed by atoms with Gasteiger partial charge in [-0.1, -0.05) is 19.3 Å². The Balaban J connectivity index is 0.00000243. The number of nitrogens with one attached hydrogen (secondary N) is 2. The molecule has 9 heteroatoms. The Bertz CT molecular complexity index is 598. The summed E-state index contributed by atoms with van der Waals surface area (Å²) in [6.45, 7) is 1.64. The fourth-order valence-electron chi connectivity index (χ4n) is 3.55. The van der Waals surface area contributed by atoms with Gasteiger partial charge in [-0.3, -0.25) is 4.79 Å². The van der Waals surface area contributed by atoms with Crippen LogP contribution < -0.4 is 16.4 Å². The molecular weight excluding hydrogens is 374 g/mol. The molecule has 1 aliphatic carbocycles. The fourth-order valence-corrected chi connectivity index (χ4v) is 4.20. The fraction of sp³-hybridized carbons (Fsp3) is 0.706. The number of rotatable bonds is 4. The zero-order valence-corrected chi connectivity index (χ0v) is 16.5. The van der Waals surface area contributed by atoms with E-state index in [1.54, 1.807) is 5.38 Å². The molecule has 4 N–H and O–H groups in total. The zero-order chi connectivity index (χ0) is 17.6. The van der Waals surface area contributed by atoms with Crippen molar-refractivity contribution < 1.29 is 9.59 Å². The third kappa shape index (κ3) is 5.56. The van der Waals surface area contributed by atoms with E-state index >= 15 is 0 Å². The molecular formula is C17H28ClN5O2S. The van der Waals surface area contributed by atoms with Gasteiger partial charge in [0.25, 0.3) is 5.91 Å². The molecule has 1 aliphatic heterocycles. The molecule has 0 atom stereocenters. The van der Waals surface area contributed by atoms with Crippen molar-refractivity contribution in [3.05, 3.63) is 16.1 Å². The topological polar surface area (TPSA) is 100 Å². The molecule has 3 amide bonds. The third-order valence-corrected chi connectivity index (χ3v) is 5.87. The number of nitrogens with two attached hydrogens (primary N) is 1. The second-order valence-corrected chi connectivity index (χ2v) is 7.79. The second kappa shape index (κ2) is 10.1. The summed E-state index contributed by atoms with van der Waals surface area (Å²) in [6.07, 6.45) is 7.40. The van der Waals surface area contributed by atoms with Crippen LogP contribution in [0.3, 0.4) is 0 Å². The minimum Gasteiger partial charge on any atom is -0.337 e. The first kappa shape index (κ1) is 20.9. The predicted molar refractivity (Wildman–Crippen MR) is 105 cm³/mol. The average Bonchev–Trinajstić information content (AvgIpc) is 3.12. The van der Waals surface area contributed by atoms with Crippen LogP contribution >= 0.6 is 23.7 Å². The Hall–Kier alpha value is -1.38. The number of likely N-dealkylation sites (tertiary alicyclic amines) is 1. The first-order valence-electron chi connectivity index (χ1n) is 9.16. The summed E-state index contributed by atoms with van der Waals surface area (Å²) >= 11 is 1.42. The van der Waals surface area contributed by atoms with Gasteiger partial charge in [0.1, 0.15) is 10.7 Å². The van der Waals surface area contributed by atoms with Crippen LogP contribution in [0.2, 0.25) is 0 Å². The highest BCUT2D eigenvalue weighted by Crippen LogP contribution is 2.18. The summed E-state index contributed by atoms with van der Waals surface area (Å²) in [7, 11) is 0. The number of aromatic nitrogens is 1. The molecule has 1 saturated heterocycles. The highest BCUT2D eigenvalue weighted by molar-refractivity contribution is 7.09. The molecule has 0 bridgehead atoms. The lowest BCUT2D eigenvalue weighted by atomic mass is 9.96. The van der Waals surface area contributed by atoms with E-state index in [2.05, 4.69) is 15.6 Å². The third-order valence-electron chi connectivity index (χ3n) is 5.00. The van der Waals surface area contributed by atoms with Crippen molar-refractivity contribution in [2.24, 2.45) is 5.73 Å². The van der Waals surface area contributed by atoms with Gasteiger partial charge in [0.05, 0.1) is 0 Å². The number of nitrogens with zero attached hydrogens (tertiary/aromatic N) is 2. The molecule has 2 aliphatic rings. The van der Waals surface area contributed by atoms with Crippen LogP contribution in [-0.2, 0) is 6.54 Å². The van der Waals surface area contributed by atoms with Crippen LogP contribution in [0.25, 0.3) is 0 Å². The van der Waals surface area contributed by atoms with E-state index in [0.29, 0.717) is 31.4 Å². The van der Waals surface area contributed by atoms with E-state index in [1.807, 2.05) is 4.90 Å².